The van der Waals surface area contributed by atoms with Crippen molar-refractivity contribution in [2.45, 2.75) is 38.3 Å². The summed E-state index contributed by atoms with van der Waals surface area (Å²) in [4.78, 5) is 23.2. The molecular weight excluding hydrogens is 366 g/mol. The maximum absolute atomic E-state index is 12.7. The number of carbonyl (C=O) groups is 1. The molecule has 1 fully saturated rings. The van der Waals surface area contributed by atoms with Gasteiger partial charge in [0.15, 0.2) is 0 Å². The number of rotatable bonds is 8. The van der Waals surface area contributed by atoms with Crippen molar-refractivity contribution >= 4 is 11.7 Å². The number of aromatic nitrogens is 2. The van der Waals surface area contributed by atoms with Gasteiger partial charge in [0.05, 0.1) is 19.0 Å². The lowest BCUT2D eigenvalue weighted by atomic mass is 10.1. The standard InChI is InChI=1S/C22H31N5O2/c1-27(19-4-3-11-23-12-10-19)22(28)20-14-26-21(15-25-20)24-13-9-17-5-7-18(8-6-17)16-29-2/h5-8,14-15,19,23H,3-4,9-13,16H2,1-2H3,(H,24,26). The van der Waals surface area contributed by atoms with Crippen molar-refractivity contribution in [2.24, 2.45) is 0 Å². The van der Waals surface area contributed by atoms with Crippen molar-refractivity contribution in [3.05, 3.63) is 53.5 Å². The van der Waals surface area contributed by atoms with Gasteiger partial charge in [-0.15, -0.1) is 0 Å². The van der Waals surface area contributed by atoms with E-state index >= 15 is 0 Å². The Hall–Kier alpha value is -2.51. The Balaban J connectivity index is 1.48. The number of nitrogens with one attached hydrogen (secondary N) is 2. The summed E-state index contributed by atoms with van der Waals surface area (Å²) in [6, 6.07) is 8.65. The zero-order valence-electron chi connectivity index (χ0n) is 17.4. The molecule has 0 bridgehead atoms. The van der Waals surface area contributed by atoms with E-state index in [9.17, 15) is 4.79 Å². The van der Waals surface area contributed by atoms with Gasteiger partial charge >= 0.3 is 0 Å². The average molecular weight is 398 g/mol. The van der Waals surface area contributed by atoms with Crippen LogP contribution in [0.3, 0.4) is 0 Å². The molecule has 0 spiro atoms. The molecule has 1 aromatic heterocycles. The summed E-state index contributed by atoms with van der Waals surface area (Å²) in [5.74, 6) is 0.617. The van der Waals surface area contributed by atoms with Gasteiger partial charge in [0, 0.05) is 26.7 Å². The predicted molar refractivity (Wildman–Crippen MR) is 114 cm³/mol. The van der Waals surface area contributed by atoms with Gasteiger partial charge in [-0.2, -0.15) is 0 Å². The topological polar surface area (TPSA) is 79.4 Å². The Morgan fingerprint density at radius 1 is 1.17 bits per heavy atom. The highest BCUT2D eigenvalue weighted by Crippen LogP contribution is 2.14. The monoisotopic (exact) mass is 397 g/mol. The quantitative estimate of drug-likeness (QED) is 0.713. The summed E-state index contributed by atoms with van der Waals surface area (Å²) in [5, 5.41) is 6.65. The highest BCUT2D eigenvalue weighted by atomic mass is 16.5. The Morgan fingerprint density at radius 3 is 2.69 bits per heavy atom. The van der Waals surface area contributed by atoms with Crippen LogP contribution in [0.4, 0.5) is 5.82 Å². The van der Waals surface area contributed by atoms with Crippen LogP contribution in [0, 0.1) is 0 Å². The lowest BCUT2D eigenvalue weighted by molar-refractivity contribution is 0.0714. The van der Waals surface area contributed by atoms with Gasteiger partial charge in [0.25, 0.3) is 5.91 Å². The molecule has 2 N–H and O–H groups in total. The molecule has 0 aliphatic carbocycles. The van der Waals surface area contributed by atoms with E-state index < -0.39 is 0 Å². The first-order valence-electron chi connectivity index (χ1n) is 10.3. The highest BCUT2D eigenvalue weighted by Gasteiger charge is 2.23. The smallest absolute Gasteiger partial charge is 0.274 e. The van der Waals surface area contributed by atoms with Crippen molar-refractivity contribution in [3.8, 4) is 0 Å². The van der Waals surface area contributed by atoms with Crippen LogP contribution in [-0.4, -0.2) is 60.6 Å². The molecule has 1 saturated heterocycles. The van der Waals surface area contributed by atoms with Gasteiger partial charge in [0.1, 0.15) is 11.5 Å². The summed E-state index contributed by atoms with van der Waals surface area (Å²) >= 11 is 0. The molecule has 0 saturated carbocycles. The minimum absolute atomic E-state index is 0.0629. The van der Waals surface area contributed by atoms with E-state index in [1.807, 2.05) is 11.9 Å². The molecular formula is C22H31N5O2. The van der Waals surface area contributed by atoms with Crippen LogP contribution >= 0.6 is 0 Å². The second kappa shape index (κ2) is 10.9. The van der Waals surface area contributed by atoms with Gasteiger partial charge in [-0.05, 0) is 49.9 Å². The van der Waals surface area contributed by atoms with Crippen molar-refractivity contribution in [1.82, 2.24) is 20.2 Å². The first-order chi connectivity index (χ1) is 14.2. The second-order valence-electron chi connectivity index (χ2n) is 7.46. The molecule has 2 aromatic rings. The van der Waals surface area contributed by atoms with E-state index in [4.69, 9.17) is 4.74 Å². The van der Waals surface area contributed by atoms with Crippen LogP contribution < -0.4 is 10.6 Å². The average Bonchev–Trinajstić information content (AvgIpc) is 3.04. The number of hydrogen-bond donors (Lipinski definition) is 2. The van der Waals surface area contributed by atoms with Crippen molar-refractivity contribution < 1.29 is 9.53 Å². The van der Waals surface area contributed by atoms with Gasteiger partial charge in [-0.25, -0.2) is 9.97 Å². The largest absolute Gasteiger partial charge is 0.380 e. The molecule has 1 unspecified atom stereocenters. The number of ether oxygens (including phenoxy) is 1. The zero-order chi connectivity index (χ0) is 20.5. The first kappa shape index (κ1) is 21.2. The Morgan fingerprint density at radius 2 is 1.97 bits per heavy atom. The number of benzene rings is 1. The van der Waals surface area contributed by atoms with E-state index in [1.54, 1.807) is 19.5 Å². The maximum atomic E-state index is 12.7. The fourth-order valence-corrected chi connectivity index (χ4v) is 3.57. The summed E-state index contributed by atoms with van der Waals surface area (Å²) in [5.41, 5.74) is 2.81. The number of amides is 1. The highest BCUT2D eigenvalue weighted by molar-refractivity contribution is 5.92. The van der Waals surface area contributed by atoms with Crippen LogP contribution in [0.1, 0.15) is 40.9 Å². The van der Waals surface area contributed by atoms with Crippen LogP contribution in [0.5, 0.6) is 0 Å². The Labute approximate surface area is 172 Å². The summed E-state index contributed by atoms with van der Waals surface area (Å²) < 4.78 is 5.13. The van der Waals surface area contributed by atoms with E-state index in [0.717, 1.165) is 45.3 Å². The maximum Gasteiger partial charge on any atom is 0.274 e. The molecule has 1 aliphatic heterocycles. The number of methoxy groups -OCH3 is 1. The SMILES string of the molecule is COCc1ccc(CCNc2cnc(C(=O)N(C)C3CCCNCC3)cn2)cc1. The minimum atomic E-state index is -0.0629. The number of anilines is 1. The Kier molecular flexibility index (Phi) is 7.95. The number of nitrogens with zero attached hydrogens (tertiary/aromatic N) is 3. The minimum Gasteiger partial charge on any atom is -0.380 e. The van der Waals surface area contributed by atoms with Crippen LogP contribution in [0.2, 0.25) is 0 Å². The molecule has 3 rings (SSSR count). The molecule has 29 heavy (non-hydrogen) atoms. The second-order valence-corrected chi connectivity index (χ2v) is 7.46. The predicted octanol–water partition coefficient (Wildman–Crippen LogP) is 2.49. The molecule has 1 aliphatic rings. The zero-order valence-corrected chi connectivity index (χ0v) is 17.4. The first-order valence-corrected chi connectivity index (χ1v) is 10.3. The van der Waals surface area contributed by atoms with Gasteiger partial charge in [-0.3, -0.25) is 4.79 Å². The molecule has 1 aromatic carbocycles. The lowest BCUT2D eigenvalue weighted by Gasteiger charge is -2.26. The molecule has 1 atom stereocenters. The van der Waals surface area contributed by atoms with Crippen molar-refractivity contribution in [2.75, 3.05) is 39.1 Å². The molecule has 156 valence electrons. The third-order valence-electron chi connectivity index (χ3n) is 5.34. The fraction of sp³-hybridized carbons (Fsp3) is 0.500. The molecule has 7 nitrogen and oxygen atoms in total. The van der Waals surface area contributed by atoms with E-state index in [0.29, 0.717) is 18.1 Å². The summed E-state index contributed by atoms with van der Waals surface area (Å²) in [6.07, 6.45) is 7.17. The summed E-state index contributed by atoms with van der Waals surface area (Å²) in [6.45, 7) is 3.36. The third-order valence-corrected chi connectivity index (χ3v) is 5.34. The number of hydrogen-bond acceptors (Lipinski definition) is 6. The van der Waals surface area contributed by atoms with Crippen LogP contribution in [-0.2, 0) is 17.8 Å². The normalized spacial score (nSPS) is 16.8. The fourth-order valence-electron chi connectivity index (χ4n) is 3.57. The Bertz CT molecular complexity index is 756. The lowest BCUT2D eigenvalue weighted by Crippen LogP contribution is -2.38. The molecule has 7 heteroatoms. The van der Waals surface area contributed by atoms with E-state index in [-0.39, 0.29) is 11.9 Å². The van der Waals surface area contributed by atoms with Crippen molar-refractivity contribution in [3.63, 3.8) is 0 Å². The van der Waals surface area contributed by atoms with Gasteiger partial charge < -0.3 is 20.3 Å². The van der Waals surface area contributed by atoms with Crippen molar-refractivity contribution in [1.29, 1.82) is 0 Å². The molecule has 0 radical (unpaired) electrons. The number of carbonyl (C=O) groups excluding carboxylic acids is 1. The summed E-state index contributed by atoms with van der Waals surface area (Å²) in [7, 11) is 3.56. The third kappa shape index (κ3) is 6.24. The van der Waals surface area contributed by atoms with Crippen LogP contribution in [0.15, 0.2) is 36.7 Å². The van der Waals surface area contributed by atoms with Gasteiger partial charge in [0.2, 0.25) is 0 Å². The van der Waals surface area contributed by atoms with Gasteiger partial charge in [-0.1, -0.05) is 24.3 Å². The molecule has 2 heterocycles. The molecule has 1 amide bonds. The van der Waals surface area contributed by atoms with E-state index in [2.05, 4.69) is 44.9 Å². The van der Waals surface area contributed by atoms with E-state index in [1.165, 1.54) is 11.1 Å². The van der Waals surface area contributed by atoms with Crippen LogP contribution in [0.25, 0.3) is 0 Å².